The van der Waals surface area contributed by atoms with Gasteiger partial charge in [0.25, 0.3) is 5.91 Å². The van der Waals surface area contributed by atoms with E-state index in [1.807, 2.05) is 13.8 Å². The minimum Gasteiger partial charge on any atom is -0.378 e. The molecule has 2 N–H and O–H groups in total. The zero-order valence-electron chi connectivity index (χ0n) is 12.4. The van der Waals surface area contributed by atoms with Crippen molar-refractivity contribution in [2.45, 2.75) is 32.9 Å². The number of amides is 1. The van der Waals surface area contributed by atoms with Crippen LogP contribution in [-0.2, 0) is 17.7 Å². The van der Waals surface area contributed by atoms with Crippen LogP contribution in [0.15, 0.2) is 12.1 Å². The molecule has 3 rings (SSSR count). The van der Waals surface area contributed by atoms with Crippen LogP contribution in [0.25, 0.3) is 0 Å². The van der Waals surface area contributed by atoms with Gasteiger partial charge in [0.05, 0.1) is 19.3 Å². The van der Waals surface area contributed by atoms with E-state index >= 15 is 0 Å². The van der Waals surface area contributed by atoms with E-state index < -0.39 is 5.91 Å². The molecule has 1 aromatic carbocycles. The quantitative estimate of drug-likeness (QED) is 0.644. The fourth-order valence-electron chi connectivity index (χ4n) is 2.61. The maximum Gasteiger partial charge on any atom is 0.274 e. The van der Waals surface area contributed by atoms with Crippen LogP contribution >= 0.6 is 0 Å². The van der Waals surface area contributed by atoms with Crippen molar-refractivity contribution in [3.05, 3.63) is 34.6 Å². The first-order chi connectivity index (χ1) is 10.2. The highest BCUT2D eigenvalue weighted by molar-refractivity contribution is 5.93. The number of ether oxygens (including phenoxy) is 1. The molecule has 0 saturated carbocycles. The molecule has 1 amide bonds. The van der Waals surface area contributed by atoms with Crippen LogP contribution in [0.5, 0.6) is 0 Å². The molecule has 6 heteroatoms. The Hall–Kier alpha value is -1.50. The third kappa shape index (κ3) is 3.23. The summed E-state index contributed by atoms with van der Waals surface area (Å²) in [5.74, 6) is -1.06. The summed E-state index contributed by atoms with van der Waals surface area (Å²) >= 11 is 0. The van der Waals surface area contributed by atoms with Gasteiger partial charge in [0, 0.05) is 18.7 Å². The number of fused-ring (bicyclic) bond motifs is 1. The monoisotopic (exact) mass is 296 g/mol. The summed E-state index contributed by atoms with van der Waals surface area (Å²) in [5.41, 5.74) is 3.16. The van der Waals surface area contributed by atoms with Gasteiger partial charge in [0.2, 0.25) is 0 Å². The van der Waals surface area contributed by atoms with Crippen LogP contribution < -0.4 is 5.48 Å². The summed E-state index contributed by atoms with van der Waals surface area (Å²) in [6.07, 6.45) is 0.638. The number of nitrogens with zero attached hydrogens (tertiary/aromatic N) is 1. The SMILES string of the molecule is CC.O=C(NO)c1cc(F)c2c(c1)CN(C1COC1)CC2. The second-order valence-electron chi connectivity index (χ2n) is 4.95. The standard InChI is InChI=1S/C13H15FN2O3.C2H6/c14-12-4-8(13(17)15-18)3-9-5-16(2-1-11(9)12)10-6-19-7-10;1-2/h3-4,10,18H,1-2,5-7H2,(H,15,17);1-2H3. The Morgan fingerprint density at radius 3 is 2.71 bits per heavy atom. The molecule has 5 nitrogen and oxygen atoms in total. The summed E-state index contributed by atoms with van der Waals surface area (Å²) < 4.78 is 19.1. The first-order valence-corrected chi connectivity index (χ1v) is 7.26. The molecule has 2 aliphatic rings. The Balaban J connectivity index is 0.000000774. The summed E-state index contributed by atoms with van der Waals surface area (Å²) in [6, 6.07) is 3.22. The normalized spacial score (nSPS) is 18.1. The van der Waals surface area contributed by atoms with Crippen LogP contribution in [-0.4, -0.2) is 41.8 Å². The van der Waals surface area contributed by atoms with Crippen molar-refractivity contribution in [1.29, 1.82) is 0 Å². The van der Waals surface area contributed by atoms with Crippen molar-refractivity contribution < 1.29 is 19.1 Å². The zero-order valence-corrected chi connectivity index (χ0v) is 12.4. The Morgan fingerprint density at radius 2 is 2.14 bits per heavy atom. The lowest BCUT2D eigenvalue weighted by molar-refractivity contribution is -0.0696. The van der Waals surface area contributed by atoms with E-state index in [0.29, 0.717) is 37.8 Å². The second kappa shape index (κ2) is 6.98. The molecule has 21 heavy (non-hydrogen) atoms. The predicted octanol–water partition coefficient (Wildman–Crippen LogP) is 1.73. The van der Waals surface area contributed by atoms with Gasteiger partial charge in [-0.25, -0.2) is 9.87 Å². The smallest absolute Gasteiger partial charge is 0.274 e. The lowest BCUT2D eigenvalue weighted by Gasteiger charge is -2.40. The summed E-state index contributed by atoms with van der Waals surface area (Å²) in [5, 5.41) is 8.62. The van der Waals surface area contributed by atoms with E-state index in [-0.39, 0.29) is 11.4 Å². The van der Waals surface area contributed by atoms with Crippen molar-refractivity contribution in [2.75, 3.05) is 19.8 Å². The molecule has 1 aromatic rings. The molecule has 0 radical (unpaired) electrons. The molecule has 2 heterocycles. The molecule has 0 bridgehead atoms. The van der Waals surface area contributed by atoms with Crippen LogP contribution in [0, 0.1) is 5.82 Å². The molecule has 0 unspecified atom stereocenters. The summed E-state index contributed by atoms with van der Waals surface area (Å²) in [4.78, 5) is 13.6. The Bertz CT molecular complexity index is 518. The fourth-order valence-corrected chi connectivity index (χ4v) is 2.61. The summed E-state index contributed by atoms with van der Waals surface area (Å²) in [6.45, 7) is 6.86. The van der Waals surface area contributed by atoms with E-state index in [2.05, 4.69) is 4.90 Å². The fraction of sp³-hybridized carbons (Fsp3) is 0.533. The van der Waals surface area contributed by atoms with E-state index in [0.717, 1.165) is 12.1 Å². The average molecular weight is 296 g/mol. The molecule has 116 valence electrons. The summed E-state index contributed by atoms with van der Waals surface area (Å²) in [7, 11) is 0. The lowest BCUT2D eigenvalue weighted by Crippen LogP contribution is -2.50. The topological polar surface area (TPSA) is 61.8 Å². The third-order valence-electron chi connectivity index (χ3n) is 3.81. The minimum atomic E-state index is -0.689. The number of hydroxylamine groups is 1. The molecule has 0 atom stereocenters. The van der Waals surface area contributed by atoms with Gasteiger partial charge < -0.3 is 4.74 Å². The van der Waals surface area contributed by atoms with Gasteiger partial charge in [-0.2, -0.15) is 0 Å². The Kier molecular flexibility index (Phi) is 5.27. The number of benzene rings is 1. The van der Waals surface area contributed by atoms with Crippen molar-refractivity contribution in [3.63, 3.8) is 0 Å². The van der Waals surface area contributed by atoms with Crippen molar-refractivity contribution in [3.8, 4) is 0 Å². The second-order valence-corrected chi connectivity index (χ2v) is 4.95. The number of halogens is 1. The number of hydrogen-bond donors (Lipinski definition) is 2. The lowest BCUT2D eigenvalue weighted by atomic mass is 9.95. The molecule has 2 aliphatic heterocycles. The molecular formula is C15H21FN2O3. The Labute approximate surface area is 123 Å². The number of rotatable bonds is 2. The molecule has 1 saturated heterocycles. The van der Waals surface area contributed by atoms with E-state index in [1.165, 1.54) is 11.5 Å². The van der Waals surface area contributed by atoms with Gasteiger partial charge in [-0.3, -0.25) is 14.9 Å². The van der Waals surface area contributed by atoms with Crippen LogP contribution in [0.2, 0.25) is 0 Å². The van der Waals surface area contributed by atoms with Gasteiger partial charge in [0.15, 0.2) is 0 Å². The average Bonchev–Trinajstić information content (AvgIpc) is 2.46. The molecule has 0 spiro atoms. The van der Waals surface area contributed by atoms with E-state index in [9.17, 15) is 9.18 Å². The van der Waals surface area contributed by atoms with Crippen LogP contribution in [0.4, 0.5) is 4.39 Å². The minimum absolute atomic E-state index is 0.144. The van der Waals surface area contributed by atoms with Gasteiger partial charge in [-0.15, -0.1) is 0 Å². The Morgan fingerprint density at radius 1 is 1.43 bits per heavy atom. The van der Waals surface area contributed by atoms with Gasteiger partial charge >= 0.3 is 0 Å². The predicted molar refractivity (Wildman–Crippen MR) is 75.7 cm³/mol. The highest BCUT2D eigenvalue weighted by atomic mass is 19.1. The molecule has 0 aromatic heterocycles. The molecular weight excluding hydrogens is 275 g/mol. The highest BCUT2D eigenvalue weighted by Crippen LogP contribution is 2.26. The number of nitrogens with one attached hydrogen (secondary N) is 1. The van der Waals surface area contributed by atoms with Gasteiger partial charge in [-0.05, 0) is 29.7 Å². The first kappa shape index (κ1) is 15.9. The maximum absolute atomic E-state index is 13.9. The van der Waals surface area contributed by atoms with Gasteiger partial charge in [0.1, 0.15) is 5.82 Å². The van der Waals surface area contributed by atoms with Crippen LogP contribution in [0.1, 0.15) is 35.3 Å². The van der Waals surface area contributed by atoms with Crippen LogP contribution in [0.3, 0.4) is 0 Å². The molecule has 0 aliphatic carbocycles. The van der Waals surface area contributed by atoms with Gasteiger partial charge in [-0.1, -0.05) is 13.8 Å². The first-order valence-electron chi connectivity index (χ1n) is 7.26. The third-order valence-corrected chi connectivity index (χ3v) is 3.81. The highest BCUT2D eigenvalue weighted by Gasteiger charge is 2.30. The van der Waals surface area contributed by atoms with E-state index in [4.69, 9.17) is 9.94 Å². The van der Waals surface area contributed by atoms with Crippen molar-refractivity contribution >= 4 is 5.91 Å². The number of carbonyl (C=O) groups excluding carboxylic acids is 1. The van der Waals surface area contributed by atoms with Crippen molar-refractivity contribution in [1.82, 2.24) is 10.4 Å². The van der Waals surface area contributed by atoms with Crippen molar-refractivity contribution in [2.24, 2.45) is 0 Å². The largest absolute Gasteiger partial charge is 0.378 e. The number of hydrogen-bond acceptors (Lipinski definition) is 4. The molecule has 1 fully saturated rings. The maximum atomic E-state index is 13.9. The van der Waals surface area contributed by atoms with E-state index in [1.54, 1.807) is 6.07 Å². The zero-order chi connectivity index (χ0) is 15.4. The number of carbonyl (C=O) groups is 1.